The molecule has 3 aromatic carbocycles. The van der Waals surface area contributed by atoms with Crippen molar-refractivity contribution in [1.82, 2.24) is 4.90 Å². The molecule has 0 spiro atoms. The Morgan fingerprint density at radius 1 is 0.974 bits per heavy atom. The molecule has 0 bridgehead atoms. The Morgan fingerprint density at radius 3 is 2.36 bits per heavy atom. The van der Waals surface area contributed by atoms with Crippen LogP contribution in [-0.2, 0) is 20.9 Å². The fourth-order valence-corrected chi connectivity index (χ4v) is 5.08. The lowest BCUT2D eigenvalue weighted by Crippen LogP contribution is -2.36. The van der Waals surface area contributed by atoms with Gasteiger partial charge in [-0.05, 0) is 77.5 Å². The van der Waals surface area contributed by atoms with Gasteiger partial charge in [-0.25, -0.2) is 0 Å². The molecule has 1 N–H and O–H groups in total. The van der Waals surface area contributed by atoms with Crippen molar-refractivity contribution in [2.45, 2.75) is 6.61 Å². The minimum atomic E-state index is -0.495. The summed E-state index contributed by atoms with van der Waals surface area (Å²) in [4.78, 5) is 41.4. The van der Waals surface area contributed by atoms with E-state index in [0.717, 1.165) is 46.6 Å². The zero-order chi connectivity index (χ0) is 27.2. The van der Waals surface area contributed by atoms with Crippen LogP contribution in [0.5, 0.6) is 5.75 Å². The molecular weight excluding hydrogens is 538 g/mol. The number of hydrogen-bond donors (Lipinski definition) is 1. The van der Waals surface area contributed by atoms with Gasteiger partial charge in [0.05, 0.1) is 18.1 Å². The van der Waals surface area contributed by atoms with Crippen molar-refractivity contribution < 1.29 is 23.9 Å². The topological polar surface area (TPSA) is 88.2 Å². The van der Waals surface area contributed by atoms with Crippen LogP contribution in [0.15, 0.2) is 77.7 Å². The number of carbonyl (C=O) groups is 3. The van der Waals surface area contributed by atoms with Gasteiger partial charge < -0.3 is 19.7 Å². The Labute approximate surface area is 235 Å². The Kier molecular flexibility index (Phi) is 8.51. The van der Waals surface area contributed by atoms with Gasteiger partial charge in [-0.3, -0.25) is 19.3 Å². The van der Waals surface area contributed by atoms with Crippen LogP contribution in [0.4, 0.5) is 16.2 Å². The largest absolute Gasteiger partial charge is 0.489 e. The monoisotopic (exact) mass is 563 g/mol. The Morgan fingerprint density at radius 2 is 1.67 bits per heavy atom. The van der Waals surface area contributed by atoms with Gasteiger partial charge in [0, 0.05) is 29.5 Å². The van der Waals surface area contributed by atoms with Crippen LogP contribution in [0, 0.1) is 0 Å². The van der Waals surface area contributed by atoms with E-state index in [2.05, 4.69) is 10.2 Å². The molecule has 5 rings (SSSR count). The standard InChI is InChI=1S/C29H26ClN3O5S/c30-22-5-1-21(2-6-22)19-38-25-11-3-20(4-12-25)17-26-28(35)33(29(36)39-26)18-27(34)31-23-7-9-24(10-8-23)32-13-15-37-16-14-32/h1-12,17H,13-16,18-19H2,(H,31,34)/b26-17+. The number of morpholine rings is 1. The van der Waals surface area contributed by atoms with Gasteiger partial charge in [0.2, 0.25) is 5.91 Å². The fraction of sp³-hybridized carbons (Fsp3) is 0.207. The van der Waals surface area contributed by atoms with E-state index >= 15 is 0 Å². The summed E-state index contributed by atoms with van der Waals surface area (Å²) >= 11 is 6.73. The van der Waals surface area contributed by atoms with Crippen molar-refractivity contribution >= 4 is 57.9 Å². The van der Waals surface area contributed by atoms with E-state index < -0.39 is 17.1 Å². The van der Waals surface area contributed by atoms with Crippen LogP contribution in [0.2, 0.25) is 5.02 Å². The number of amides is 3. The molecule has 2 fully saturated rings. The summed E-state index contributed by atoms with van der Waals surface area (Å²) in [6.07, 6.45) is 1.64. The molecule has 2 saturated heterocycles. The Bertz CT molecular complexity index is 1370. The zero-order valence-corrected chi connectivity index (χ0v) is 22.5. The summed E-state index contributed by atoms with van der Waals surface area (Å²) in [5, 5.41) is 2.95. The number of benzene rings is 3. The normalized spacial score (nSPS) is 16.6. The van der Waals surface area contributed by atoms with Crippen LogP contribution in [0.1, 0.15) is 11.1 Å². The van der Waals surface area contributed by atoms with Crippen molar-refractivity contribution in [3.8, 4) is 5.75 Å². The number of nitrogens with zero attached hydrogens (tertiary/aromatic N) is 2. The molecular formula is C29H26ClN3O5S. The minimum absolute atomic E-state index is 0.262. The molecule has 8 nitrogen and oxygen atoms in total. The molecule has 2 heterocycles. The van der Waals surface area contributed by atoms with Gasteiger partial charge >= 0.3 is 0 Å². The minimum Gasteiger partial charge on any atom is -0.489 e. The molecule has 200 valence electrons. The first-order valence-corrected chi connectivity index (χ1v) is 13.6. The van der Waals surface area contributed by atoms with Crippen LogP contribution in [-0.4, -0.2) is 54.8 Å². The lowest BCUT2D eigenvalue weighted by molar-refractivity contribution is -0.127. The van der Waals surface area contributed by atoms with Gasteiger partial charge in [-0.2, -0.15) is 0 Å². The SMILES string of the molecule is O=C(CN1C(=O)S/C(=C/c2ccc(OCc3ccc(Cl)cc3)cc2)C1=O)Nc1ccc(N2CCOCC2)cc1. The molecule has 0 radical (unpaired) electrons. The van der Waals surface area contributed by atoms with Crippen LogP contribution < -0.4 is 15.0 Å². The van der Waals surface area contributed by atoms with E-state index in [1.807, 2.05) is 36.4 Å². The number of hydrogen-bond acceptors (Lipinski definition) is 7. The summed E-state index contributed by atoms with van der Waals surface area (Å²) < 4.78 is 11.2. The quantitative estimate of drug-likeness (QED) is 0.366. The third-order valence-corrected chi connectivity index (χ3v) is 7.36. The first kappa shape index (κ1) is 26.8. The molecule has 0 saturated carbocycles. The average molecular weight is 564 g/mol. The second kappa shape index (κ2) is 12.4. The molecule has 3 amide bonds. The summed E-state index contributed by atoms with van der Waals surface area (Å²) in [7, 11) is 0. The molecule has 10 heteroatoms. The number of nitrogens with one attached hydrogen (secondary N) is 1. The number of carbonyl (C=O) groups excluding carboxylic acids is 3. The van der Waals surface area contributed by atoms with Crippen molar-refractivity contribution in [1.29, 1.82) is 0 Å². The predicted molar refractivity (Wildman–Crippen MR) is 153 cm³/mol. The summed E-state index contributed by atoms with van der Waals surface area (Å²) in [6.45, 7) is 3.06. The lowest BCUT2D eigenvalue weighted by Gasteiger charge is -2.28. The van der Waals surface area contributed by atoms with Gasteiger partial charge in [-0.15, -0.1) is 0 Å². The number of imide groups is 1. The number of rotatable bonds is 8. The van der Waals surface area contributed by atoms with E-state index in [4.69, 9.17) is 21.1 Å². The number of halogens is 1. The summed E-state index contributed by atoms with van der Waals surface area (Å²) in [5.41, 5.74) is 3.38. The van der Waals surface area contributed by atoms with Gasteiger partial charge in [0.25, 0.3) is 11.1 Å². The first-order valence-electron chi connectivity index (χ1n) is 12.4. The molecule has 39 heavy (non-hydrogen) atoms. The third-order valence-electron chi connectivity index (χ3n) is 6.20. The molecule has 0 atom stereocenters. The molecule has 2 aliphatic heterocycles. The third kappa shape index (κ3) is 7.00. The second-order valence-electron chi connectivity index (χ2n) is 8.95. The maximum absolute atomic E-state index is 12.9. The van der Waals surface area contributed by atoms with Gasteiger partial charge in [0.15, 0.2) is 0 Å². The molecule has 0 unspecified atom stereocenters. The first-order chi connectivity index (χ1) is 18.9. The molecule has 0 aromatic heterocycles. The molecule has 2 aliphatic rings. The summed E-state index contributed by atoms with van der Waals surface area (Å²) in [5.74, 6) is -0.268. The number of anilines is 2. The van der Waals surface area contributed by atoms with Crippen molar-refractivity contribution in [2.75, 3.05) is 43.1 Å². The number of thioether (sulfide) groups is 1. The Balaban J connectivity index is 1.14. The second-order valence-corrected chi connectivity index (χ2v) is 10.4. The van der Waals surface area contributed by atoms with Gasteiger partial charge in [0.1, 0.15) is 18.9 Å². The smallest absolute Gasteiger partial charge is 0.294 e. The maximum atomic E-state index is 12.9. The van der Waals surface area contributed by atoms with Crippen LogP contribution in [0.3, 0.4) is 0 Å². The highest BCUT2D eigenvalue weighted by atomic mass is 35.5. The highest BCUT2D eigenvalue weighted by Gasteiger charge is 2.36. The van der Waals surface area contributed by atoms with Crippen molar-refractivity contribution in [2.24, 2.45) is 0 Å². The van der Waals surface area contributed by atoms with Crippen LogP contribution in [0.25, 0.3) is 6.08 Å². The fourth-order valence-electron chi connectivity index (χ4n) is 4.12. The molecule has 3 aromatic rings. The van der Waals surface area contributed by atoms with E-state index in [-0.39, 0.29) is 11.4 Å². The van der Waals surface area contributed by atoms with E-state index in [1.54, 1.807) is 42.5 Å². The van der Waals surface area contributed by atoms with Gasteiger partial charge in [-0.1, -0.05) is 35.9 Å². The van der Waals surface area contributed by atoms with Crippen molar-refractivity contribution in [3.63, 3.8) is 0 Å². The highest BCUT2D eigenvalue weighted by Crippen LogP contribution is 2.32. The summed E-state index contributed by atoms with van der Waals surface area (Å²) in [6, 6.07) is 22.1. The van der Waals surface area contributed by atoms with E-state index in [1.165, 1.54) is 0 Å². The van der Waals surface area contributed by atoms with Crippen LogP contribution >= 0.6 is 23.4 Å². The van der Waals surface area contributed by atoms with Crippen molar-refractivity contribution in [3.05, 3.63) is 93.9 Å². The average Bonchev–Trinajstić information content (AvgIpc) is 3.21. The molecule has 0 aliphatic carbocycles. The number of ether oxygens (including phenoxy) is 2. The predicted octanol–water partition coefficient (Wildman–Crippen LogP) is 5.43. The Hall–Kier alpha value is -3.79. The van der Waals surface area contributed by atoms with E-state index in [9.17, 15) is 14.4 Å². The lowest BCUT2D eigenvalue weighted by atomic mass is 10.2. The zero-order valence-electron chi connectivity index (χ0n) is 21.0. The van der Waals surface area contributed by atoms with E-state index in [0.29, 0.717) is 36.3 Å². The maximum Gasteiger partial charge on any atom is 0.294 e. The highest BCUT2D eigenvalue weighted by molar-refractivity contribution is 8.18.